The number of hydrogen-bond donors (Lipinski definition) is 1. The summed E-state index contributed by atoms with van der Waals surface area (Å²) in [6.07, 6.45) is 0.806. The van der Waals surface area contributed by atoms with E-state index in [1.165, 1.54) is 18.2 Å². The van der Waals surface area contributed by atoms with Crippen LogP contribution in [0.5, 0.6) is 5.75 Å². The highest BCUT2D eigenvalue weighted by atomic mass is 16.6. The van der Waals surface area contributed by atoms with Gasteiger partial charge in [-0.15, -0.1) is 0 Å². The van der Waals surface area contributed by atoms with Gasteiger partial charge >= 0.3 is 0 Å². The number of nitro benzene ring substituents is 1. The Balaban J connectivity index is 1.59. The Bertz CT molecular complexity index is 565. The molecule has 4 saturated heterocycles. The summed E-state index contributed by atoms with van der Waals surface area (Å²) < 4.78 is 0. The smallest absolute Gasteiger partial charge is 0.269 e. The summed E-state index contributed by atoms with van der Waals surface area (Å²) in [6, 6.07) is 4.25. The van der Waals surface area contributed by atoms with E-state index in [9.17, 15) is 15.2 Å². The molecule has 5 rings (SSSR count). The lowest BCUT2D eigenvalue weighted by Gasteiger charge is -2.60. The summed E-state index contributed by atoms with van der Waals surface area (Å²) >= 11 is 0. The Morgan fingerprint density at radius 3 is 2.33 bits per heavy atom. The summed E-state index contributed by atoms with van der Waals surface area (Å²) in [5.41, 5.74) is 0.677. The minimum atomic E-state index is -0.419. The van der Waals surface area contributed by atoms with Crippen molar-refractivity contribution in [3.05, 3.63) is 33.9 Å². The molecule has 8 nitrogen and oxygen atoms in total. The summed E-state index contributed by atoms with van der Waals surface area (Å²) in [5, 5.41) is 20.9. The van der Waals surface area contributed by atoms with Gasteiger partial charge in [0.15, 0.2) is 0 Å². The van der Waals surface area contributed by atoms with Crippen LogP contribution in [-0.2, 0) is 6.42 Å². The number of nitro groups is 1. The maximum atomic E-state index is 10.9. The third-order valence-corrected chi connectivity index (χ3v) is 4.45. The molecule has 4 aliphatic rings. The van der Waals surface area contributed by atoms with Crippen molar-refractivity contribution in [3.63, 3.8) is 0 Å². The largest absolute Gasteiger partial charge is 0.508 e. The molecule has 1 aromatic rings. The molecule has 0 aliphatic carbocycles. The van der Waals surface area contributed by atoms with Crippen LogP contribution in [0, 0.1) is 10.1 Å². The summed E-state index contributed by atoms with van der Waals surface area (Å²) in [7, 11) is 0. The number of hydrogen-bond acceptors (Lipinski definition) is 7. The molecule has 4 aliphatic heterocycles. The Kier molecular flexibility index (Phi) is 2.86. The first kappa shape index (κ1) is 13.0. The van der Waals surface area contributed by atoms with E-state index in [4.69, 9.17) is 0 Å². The van der Waals surface area contributed by atoms with E-state index in [1.807, 2.05) is 0 Å². The van der Waals surface area contributed by atoms with Crippen LogP contribution in [0.4, 0.5) is 5.69 Å². The molecule has 0 spiro atoms. The van der Waals surface area contributed by atoms with E-state index in [1.54, 1.807) is 0 Å². The number of rotatable bonds is 3. The quantitative estimate of drug-likeness (QED) is 0.630. The predicted molar refractivity (Wildman–Crippen MR) is 73.9 cm³/mol. The number of aromatic hydroxyl groups is 1. The van der Waals surface area contributed by atoms with Gasteiger partial charge < -0.3 is 5.11 Å². The number of nitrogens with zero attached hydrogens (tertiary/aromatic N) is 5. The van der Waals surface area contributed by atoms with Gasteiger partial charge in [0.1, 0.15) is 5.75 Å². The van der Waals surface area contributed by atoms with E-state index in [0.717, 1.165) is 33.3 Å². The van der Waals surface area contributed by atoms with Crippen molar-refractivity contribution in [1.29, 1.82) is 0 Å². The van der Waals surface area contributed by atoms with Gasteiger partial charge in [-0.1, -0.05) is 0 Å². The van der Waals surface area contributed by atoms with Gasteiger partial charge in [-0.3, -0.25) is 29.7 Å². The van der Waals surface area contributed by atoms with Gasteiger partial charge in [0.05, 0.1) is 44.4 Å². The molecule has 0 amide bonds. The van der Waals surface area contributed by atoms with E-state index in [2.05, 4.69) is 19.6 Å². The molecule has 112 valence electrons. The molecule has 21 heavy (non-hydrogen) atoms. The molecule has 0 atom stereocenters. The van der Waals surface area contributed by atoms with Crippen LogP contribution in [0.3, 0.4) is 0 Å². The van der Waals surface area contributed by atoms with Crippen LogP contribution in [0.1, 0.15) is 5.56 Å². The Morgan fingerprint density at radius 1 is 1.14 bits per heavy atom. The van der Waals surface area contributed by atoms with Gasteiger partial charge in [-0.05, 0) is 6.07 Å². The molecular formula is C13H17N5O3. The second-order valence-electron chi connectivity index (χ2n) is 5.98. The van der Waals surface area contributed by atoms with Crippen molar-refractivity contribution in [3.8, 4) is 5.75 Å². The molecule has 4 bridgehead atoms. The molecule has 1 aromatic carbocycles. The fourth-order valence-corrected chi connectivity index (χ4v) is 3.58. The number of phenolic OH excluding ortho intramolecular Hbond substituents is 1. The first-order valence-electron chi connectivity index (χ1n) is 6.99. The van der Waals surface area contributed by atoms with Gasteiger partial charge in [-0.2, -0.15) is 0 Å². The van der Waals surface area contributed by atoms with Gasteiger partial charge in [0.2, 0.25) is 0 Å². The number of benzene rings is 1. The minimum Gasteiger partial charge on any atom is -0.508 e. The minimum absolute atomic E-state index is 0.0316. The van der Waals surface area contributed by atoms with Crippen molar-refractivity contribution in [2.75, 3.05) is 33.3 Å². The average molecular weight is 291 g/mol. The van der Waals surface area contributed by atoms with Crippen LogP contribution in [0.15, 0.2) is 18.2 Å². The summed E-state index contributed by atoms with van der Waals surface area (Å²) in [4.78, 5) is 19.9. The van der Waals surface area contributed by atoms with E-state index in [-0.39, 0.29) is 17.6 Å². The molecule has 0 unspecified atom stereocenters. The number of non-ortho nitro benzene ring substituents is 1. The van der Waals surface area contributed by atoms with Crippen molar-refractivity contribution >= 4 is 5.69 Å². The van der Waals surface area contributed by atoms with Crippen molar-refractivity contribution in [2.24, 2.45) is 0 Å². The highest BCUT2D eigenvalue weighted by Crippen LogP contribution is 2.31. The number of phenols is 1. The first-order chi connectivity index (χ1) is 10.1. The molecule has 0 aromatic heterocycles. The average Bonchev–Trinajstić information content (AvgIpc) is 2.43. The Labute approximate surface area is 121 Å². The zero-order valence-corrected chi connectivity index (χ0v) is 11.6. The third kappa shape index (κ3) is 2.16. The monoisotopic (exact) mass is 291 g/mol. The standard InChI is InChI=1S/C13H17N5O3/c19-12-2-1-11(18(20)21)3-10(12)4-13-16-6-14-5-15(8-16)9-17(13)7-14/h1-3,13,19H,4-9H2. The van der Waals surface area contributed by atoms with E-state index >= 15 is 0 Å². The SMILES string of the molecule is O=[N+]([O-])c1ccc(O)c(CC2N3CN4CN(C3)CN2C4)c1. The normalized spacial score (nSPS) is 36.9. The second kappa shape index (κ2) is 4.63. The third-order valence-electron chi connectivity index (χ3n) is 4.45. The fraction of sp³-hybridized carbons (Fsp3) is 0.538. The molecule has 0 radical (unpaired) electrons. The summed E-state index contributed by atoms with van der Waals surface area (Å²) in [6.45, 7) is 4.71. The Morgan fingerprint density at radius 2 is 1.76 bits per heavy atom. The Hall–Kier alpha value is -1.74. The van der Waals surface area contributed by atoms with Crippen molar-refractivity contribution in [2.45, 2.75) is 12.6 Å². The molecule has 4 fully saturated rings. The zero-order valence-electron chi connectivity index (χ0n) is 11.6. The zero-order chi connectivity index (χ0) is 14.6. The lowest BCUT2D eigenvalue weighted by atomic mass is 10.1. The molecule has 8 heteroatoms. The highest BCUT2D eigenvalue weighted by Gasteiger charge is 2.43. The highest BCUT2D eigenvalue weighted by molar-refractivity contribution is 5.43. The lowest BCUT2D eigenvalue weighted by molar-refractivity contribution is -0.385. The van der Waals surface area contributed by atoms with Gasteiger partial charge in [-0.25, -0.2) is 0 Å². The van der Waals surface area contributed by atoms with Gasteiger partial charge in [0.25, 0.3) is 5.69 Å². The maximum Gasteiger partial charge on any atom is 0.269 e. The lowest BCUT2D eigenvalue weighted by Crippen LogP contribution is -2.75. The molecule has 0 saturated carbocycles. The first-order valence-corrected chi connectivity index (χ1v) is 6.99. The van der Waals surface area contributed by atoms with Crippen LogP contribution in [0.25, 0.3) is 0 Å². The topological polar surface area (TPSA) is 76.3 Å². The molecule has 4 heterocycles. The van der Waals surface area contributed by atoms with Crippen LogP contribution in [0.2, 0.25) is 0 Å². The summed E-state index contributed by atoms with van der Waals surface area (Å²) in [5.74, 6) is 0.136. The van der Waals surface area contributed by atoms with Crippen molar-refractivity contribution in [1.82, 2.24) is 19.6 Å². The second-order valence-corrected chi connectivity index (χ2v) is 5.98. The predicted octanol–water partition coefficient (Wildman–Crippen LogP) is 0.205. The van der Waals surface area contributed by atoms with Gasteiger partial charge in [0, 0.05) is 24.1 Å². The van der Waals surface area contributed by atoms with E-state index in [0.29, 0.717) is 12.0 Å². The van der Waals surface area contributed by atoms with Crippen LogP contribution < -0.4 is 0 Å². The maximum absolute atomic E-state index is 10.9. The molecule has 1 N–H and O–H groups in total. The van der Waals surface area contributed by atoms with Crippen molar-refractivity contribution < 1.29 is 10.0 Å². The van der Waals surface area contributed by atoms with Crippen LogP contribution >= 0.6 is 0 Å². The van der Waals surface area contributed by atoms with Crippen LogP contribution in [-0.4, -0.2) is 69.1 Å². The molecular weight excluding hydrogens is 274 g/mol. The van der Waals surface area contributed by atoms with E-state index < -0.39 is 4.92 Å². The fourth-order valence-electron chi connectivity index (χ4n) is 3.58.